The summed E-state index contributed by atoms with van der Waals surface area (Å²) in [5, 5.41) is 0. The van der Waals surface area contributed by atoms with Crippen molar-refractivity contribution in [3.8, 4) is 0 Å². The first-order chi connectivity index (χ1) is 8.49. The van der Waals surface area contributed by atoms with E-state index in [-0.39, 0.29) is 18.0 Å². The normalized spacial score (nSPS) is 14.8. The fourth-order valence-electron chi connectivity index (χ4n) is 2.11. The lowest BCUT2D eigenvalue weighted by Crippen LogP contribution is -2.48. The van der Waals surface area contributed by atoms with E-state index >= 15 is 0 Å². The Bertz CT molecular complexity index is 387. The lowest BCUT2D eigenvalue weighted by molar-refractivity contribution is 0.0330. The van der Waals surface area contributed by atoms with Gasteiger partial charge in [0, 0.05) is 11.6 Å². The summed E-state index contributed by atoms with van der Waals surface area (Å²) < 4.78 is 20.0. The number of nitrogens with two attached hydrogens (primary N) is 1. The Labute approximate surface area is 116 Å². The molecule has 5 heteroatoms. The maximum absolute atomic E-state index is 13.7. The molecule has 1 rings (SSSR count). The standard InChI is InChI=1S/C13H20BrFN2O/c1-8(2)13(18-3)12(17-16)7-9-6-10(14)4-5-11(9)15/h4-6,8,12-13,17H,7,16H2,1-3H3. The van der Waals surface area contributed by atoms with Crippen LogP contribution in [0.25, 0.3) is 0 Å². The van der Waals surface area contributed by atoms with Crippen LogP contribution in [0.1, 0.15) is 19.4 Å². The average Bonchev–Trinajstić information content (AvgIpc) is 2.32. The van der Waals surface area contributed by atoms with E-state index < -0.39 is 0 Å². The molecular formula is C13H20BrFN2O. The van der Waals surface area contributed by atoms with Gasteiger partial charge in [-0.15, -0.1) is 0 Å². The van der Waals surface area contributed by atoms with E-state index in [9.17, 15) is 4.39 Å². The molecule has 0 bridgehead atoms. The molecule has 2 unspecified atom stereocenters. The zero-order valence-electron chi connectivity index (χ0n) is 10.9. The Kier molecular flexibility index (Phi) is 6.21. The monoisotopic (exact) mass is 318 g/mol. The summed E-state index contributed by atoms with van der Waals surface area (Å²) in [5.41, 5.74) is 3.34. The molecule has 102 valence electrons. The van der Waals surface area contributed by atoms with Crippen molar-refractivity contribution in [1.82, 2.24) is 5.43 Å². The largest absolute Gasteiger partial charge is 0.380 e. The quantitative estimate of drug-likeness (QED) is 0.626. The number of hydrazine groups is 1. The number of benzene rings is 1. The summed E-state index contributed by atoms with van der Waals surface area (Å²) in [6.07, 6.45) is 0.423. The maximum Gasteiger partial charge on any atom is 0.126 e. The molecule has 0 fully saturated rings. The molecule has 0 amide bonds. The van der Waals surface area contributed by atoms with Crippen molar-refractivity contribution >= 4 is 15.9 Å². The Morgan fingerprint density at radius 1 is 1.44 bits per heavy atom. The van der Waals surface area contributed by atoms with Crippen LogP contribution in [0.5, 0.6) is 0 Å². The summed E-state index contributed by atoms with van der Waals surface area (Å²) >= 11 is 3.34. The lowest BCUT2D eigenvalue weighted by atomic mass is 9.94. The third kappa shape index (κ3) is 4.02. The van der Waals surface area contributed by atoms with Crippen LogP contribution in [-0.4, -0.2) is 19.3 Å². The number of hydrogen-bond donors (Lipinski definition) is 2. The summed E-state index contributed by atoms with van der Waals surface area (Å²) in [4.78, 5) is 0. The second kappa shape index (κ2) is 7.19. The summed E-state index contributed by atoms with van der Waals surface area (Å²) in [5.74, 6) is 5.63. The molecule has 1 aromatic rings. The highest BCUT2D eigenvalue weighted by atomic mass is 79.9. The van der Waals surface area contributed by atoms with Gasteiger partial charge >= 0.3 is 0 Å². The van der Waals surface area contributed by atoms with Gasteiger partial charge in [0.1, 0.15) is 5.82 Å². The molecule has 18 heavy (non-hydrogen) atoms. The molecule has 1 aromatic carbocycles. The molecule has 0 aliphatic carbocycles. The molecule has 0 radical (unpaired) electrons. The van der Waals surface area contributed by atoms with Gasteiger partial charge in [0.05, 0.1) is 12.1 Å². The van der Waals surface area contributed by atoms with Gasteiger partial charge in [-0.2, -0.15) is 0 Å². The molecule has 0 aliphatic rings. The highest BCUT2D eigenvalue weighted by Crippen LogP contribution is 2.20. The van der Waals surface area contributed by atoms with Crippen LogP contribution < -0.4 is 11.3 Å². The van der Waals surface area contributed by atoms with Crippen LogP contribution in [0, 0.1) is 11.7 Å². The van der Waals surface area contributed by atoms with Gasteiger partial charge in [-0.05, 0) is 36.1 Å². The smallest absolute Gasteiger partial charge is 0.126 e. The summed E-state index contributed by atoms with van der Waals surface area (Å²) in [7, 11) is 1.65. The van der Waals surface area contributed by atoms with Crippen molar-refractivity contribution in [2.45, 2.75) is 32.4 Å². The van der Waals surface area contributed by atoms with Crippen LogP contribution in [-0.2, 0) is 11.2 Å². The number of halogens is 2. The van der Waals surface area contributed by atoms with E-state index in [4.69, 9.17) is 10.6 Å². The van der Waals surface area contributed by atoms with E-state index in [0.717, 1.165) is 4.47 Å². The first kappa shape index (κ1) is 15.6. The molecule has 0 aromatic heterocycles. The Morgan fingerprint density at radius 2 is 2.11 bits per heavy atom. The zero-order valence-corrected chi connectivity index (χ0v) is 12.5. The zero-order chi connectivity index (χ0) is 13.7. The number of nitrogens with one attached hydrogen (secondary N) is 1. The highest BCUT2D eigenvalue weighted by Gasteiger charge is 2.24. The van der Waals surface area contributed by atoms with E-state index in [1.54, 1.807) is 19.2 Å². The topological polar surface area (TPSA) is 47.3 Å². The van der Waals surface area contributed by atoms with Gasteiger partial charge in [-0.1, -0.05) is 29.8 Å². The number of ether oxygens (including phenoxy) is 1. The summed E-state index contributed by atoms with van der Waals surface area (Å²) in [6, 6.07) is 4.77. The molecule has 3 nitrogen and oxygen atoms in total. The molecule has 2 atom stereocenters. The highest BCUT2D eigenvalue weighted by molar-refractivity contribution is 9.10. The van der Waals surface area contributed by atoms with Crippen molar-refractivity contribution < 1.29 is 9.13 Å². The van der Waals surface area contributed by atoms with Crippen LogP contribution in [0.2, 0.25) is 0 Å². The van der Waals surface area contributed by atoms with E-state index in [0.29, 0.717) is 17.9 Å². The first-order valence-electron chi connectivity index (χ1n) is 5.92. The van der Waals surface area contributed by atoms with Crippen molar-refractivity contribution in [3.05, 3.63) is 34.1 Å². The second-order valence-corrected chi connectivity index (χ2v) is 5.57. The van der Waals surface area contributed by atoms with E-state index in [1.807, 2.05) is 0 Å². The third-order valence-electron chi connectivity index (χ3n) is 2.99. The van der Waals surface area contributed by atoms with Crippen molar-refractivity contribution in [1.29, 1.82) is 0 Å². The number of rotatable bonds is 6. The second-order valence-electron chi connectivity index (χ2n) is 4.66. The van der Waals surface area contributed by atoms with Gasteiger partial charge in [-0.3, -0.25) is 11.3 Å². The van der Waals surface area contributed by atoms with Crippen molar-refractivity contribution in [2.24, 2.45) is 11.8 Å². The average molecular weight is 319 g/mol. The van der Waals surface area contributed by atoms with Crippen LogP contribution in [0.4, 0.5) is 4.39 Å². The molecule has 0 saturated heterocycles. The molecule has 0 heterocycles. The van der Waals surface area contributed by atoms with Gasteiger partial charge in [0.25, 0.3) is 0 Å². The Balaban J connectivity index is 2.88. The minimum absolute atomic E-state index is 0.0617. The van der Waals surface area contributed by atoms with E-state index in [1.165, 1.54) is 6.07 Å². The minimum atomic E-state index is -0.225. The first-order valence-corrected chi connectivity index (χ1v) is 6.71. The summed E-state index contributed by atoms with van der Waals surface area (Å²) in [6.45, 7) is 4.10. The third-order valence-corrected chi connectivity index (χ3v) is 3.48. The molecular weight excluding hydrogens is 299 g/mol. The lowest BCUT2D eigenvalue weighted by Gasteiger charge is -2.28. The van der Waals surface area contributed by atoms with Gasteiger partial charge in [-0.25, -0.2) is 4.39 Å². The number of hydrogen-bond acceptors (Lipinski definition) is 3. The van der Waals surface area contributed by atoms with Crippen LogP contribution >= 0.6 is 15.9 Å². The van der Waals surface area contributed by atoms with Gasteiger partial charge in [0.15, 0.2) is 0 Å². The Morgan fingerprint density at radius 3 is 2.61 bits per heavy atom. The number of methoxy groups -OCH3 is 1. The molecule has 0 saturated carbocycles. The minimum Gasteiger partial charge on any atom is -0.380 e. The molecule has 0 spiro atoms. The molecule has 3 N–H and O–H groups in total. The van der Waals surface area contributed by atoms with Crippen molar-refractivity contribution in [3.63, 3.8) is 0 Å². The van der Waals surface area contributed by atoms with Crippen LogP contribution in [0.15, 0.2) is 22.7 Å². The van der Waals surface area contributed by atoms with Crippen molar-refractivity contribution in [2.75, 3.05) is 7.11 Å². The van der Waals surface area contributed by atoms with E-state index in [2.05, 4.69) is 35.2 Å². The fraction of sp³-hybridized carbons (Fsp3) is 0.538. The van der Waals surface area contributed by atoms with Gasteiger partial charge < -0.3 is 4.74 Å². The Hall–Kier alpha value is -0.490. The van der Waals surface area contributed by atoms with Gasteiger partial charge in [0.2, 0.25) is 0 Å². The fourth-order valence-corrected chi connectivity index (χ4v) is 2.52. The maximum atomic E-state index is 13.7. The predicted octanol–water partition coefficient (Wildman–Crippen LogP) is 2.63. The SMILES string of the molecule is COC(C(C)C)C(Cc1cc(Br)ccc1F)NN. The predicted molar refractivity (Wildman–Crippen MR) is 74.6 cm³/mol. The van der Waals surface area contributed by atoms with Crippen LogP contribution in [0.3, 0.4) is 0 Å². The molecule has 0 aliphatic heterocycles.